The topological polar surface area (TPSA) is 97.1 Å². The fourth-order valence-corrected chi connectivity index (χ4v) is 3.37. The largest absolute Gasteiger partial charge is 0.456 e. The lowest BCUT2D eigenvalue weighted by Gasteiger charge is -2.07. The first kappa shape index (κ1) is 19.6. The number of nitrogens with zero attached hydrogens (tertiary/aromatic N) is 2. The fourth-order valence-electron chi connectivity index (χ4n) is 2.46. The van der Waals surface area contributed by atoms with Crippen LogP contribution in [0.1, 0.15) is 43.6 Å². The van der Waals surface area contributed by atoms with Gasteiger partial charge in [0.1, 0.15) is 5.76 Å². The van der Waals surface area contributed by atoms with Gasteiger partial charge in [0.15, 0.2) is 10.9 Å². The summed E-state index contributed by atoms with van der Waals surface area (Å²) in [6.07, 6.45) is 0. The molecule has 0 atom stereocenters. The molecule has 0 saturated heterocycles. The smallest absolute Gasteiger partial charge is 0.305 e. The highest BCUT2D eigenvalue weighted by atomic mass is 32.2. The van der Waals surface area contributed by atoms with Gasteiger partial charge >= 0.3 is 5.91 Å². The first-order chi connectivity index (χ1) is 13.4. The molecule has 2 aromatic heterocycles. The van der Waals surface area contributed by atoms with Crippen molar-refractivity contribution in [3.8, 4) is 0 Å². The van der Waals surface area contributed by atoms with Gasteiger partial charge in [-0.2, -0.15) is 0 Å². The van der Waals surface area contributed by atoms with E-state index in [-0.39, 0.29) is 5.76 Å². The summed E-state index contributed by atoms with van der Waals surface area (Å²) in [5.41, 5.74) is 8.06. The number of furan rings is 1. The molecule has 3 rings (SSSR count). The van der Waals surface area contributed by atoms with Crippen LogP contribution in [0.3, 0.4) is 0 Å². The first-order valence-corrected chi connectivity index (χ1v) is 9.60. The van der Waals surface area contributed by atoms with Gasteiger partial charge in [-0.05, 0) is 56.7 Å². The average molecular weight is 396 g/mol. The molecule has 1 aromatic carbocycles. The minimum absolute atomic E-state index is 0.138. The number of hydrogen-bond acceptors (Lipinski definition) is 6. The van der Waals surface area contributed by atoms with E-state index in [0.29, 0.717) is 17.1 Å². The second-order valence-electron chi connectivity index (χ2n) is 6.24. The molecule has 2 heterocycles. The number of amides is 2. The lowest BCUT2D eigenvalue weighted by molar-refractivity contribution is 0.0830. The zero-order valence-corrected chi connectivity index (χ0v) is 16.6. The van der Waals surface area contributed by atoms with E-state index in [2.05, 4.69) is 20.8 Å². The number of aryl methyl sites for hydroxylation is 3. The molecular formula is C20H20N4O3S. The van der Waals surface area contributed by atoms with Crippen LogP contribution in [-0.4, -0.2) is 21.8 Å². The van der Waals surface area contributed by atoms with Crippen LogP contribution in [0.25, 0.3) is 0 Å². The van der Waals surface area contributed by atoms with Crippen molar-refractivity contribution in [2.24, 2.45) is 0 Å². The van der Waals surface area contributed by atoms with Gasteiger partial charge in [-0.3, -0.25) is 20.4 Å². The van der Waals surface area contributed by atoms with E-state index in [1.807, 2.05) is 32.0 Å². The third kappa shape index (κ3) is 5.20. The number of aromatic nitrogens is 2. The molecule has 0 saturated carbocycles. The zero-order chi connectivity index (χ0) is 20.1. The van der Waals surface area contributed by atoms with Crippen molar-refractivity contribution in [3.63, 3.8) is 0 Å². The zero-order valence-electron chi connectivity index (χ0n) is 15.8. The van der Waals surface area contributed by atoms with E-state index in [1.165, 1.54) is 11.8 Å². The second kappa shape index (κ2) is 8.71. The Balaban J connectivity index is 1.53. The maximum atomic E-state index is 12.2. The molecule has 2 N–H and O–H groups in total. The molecule has 0 aliphatic rings. The third-order valence-electron chi connectivity index (χ3n) is 3.80. The summed E-state index contributed by atoms with van der Waals surface area (Å²) in [4.78, 5) is 32.9. The maximum absolute atomic E-state index is 12.2. The van der Waals surface area contributed by atoms with E-state index in [0.717, 1.165) is 22.1 Å². The van der Waals surface area contributed by atoms with Gasteiger partial charge in [0, 0.05) is 22.7 Å². The fraction of sp³-hybridized carbons (Fsp3) is 0.200. The van der Waals surface area contributed by atoms with E-state index in [1.54, 1.807) is 31.2 Å². The van der Waals surface area contributed by atoms with Crippen LogP contribution in [0, 0.1) is 20.8 Å². The summed E-state index contributed by atoms with van der Waals surface area (Å²) < 4.78 is 5.20. The van der Waals surface area contributed by atoms with E-state index >= 15 is 0 Å². The van der Waals surface area contributed by atoms with Crippen LogP contribution < -0.4 is 10.9 Å². The molecule has 0 bridgehead atoms. The molecule has 0 radical (unpaired) electrons. The Bertz CT molecular complexity index is 979. The summed E-state index contributed by atoms with van der Waals surface area (Å²) in [5.74, 6) is 0.533. The minimum Gasteiger partial charge on any atom is -0.456 e. The molecule has 0 fully saturated rings. The summed E-state index contributed by atoms with van der Waals surface area (Å²) in [6.45, 7) is 5.62. The highest BCUT2D eigenvalue weighted by Crippen LogP contribution is 2.20. The molecule has 28 heavy (non-hydrogen) atoms. The second-order valence-corrected chi connectivity index (χ2v) is 7.18. The van der Waals surface area contributed by atoms with Crippen molar-refractivity contribution in [1.29, 1.82) is 0 Å². The number of hydrazine groups is 1. The van der Waals surface area contributed by atoms with Crippen molar-refractivity contribution in [2.45, 2.75) is 31.7 Å². The Morgan fingerprint density at radius 3 is 2.18 bits per heavy atom. The van der Waals surface area contributed by atoms with Gasteiger partial charge in [0.2, 0.25) is 0 Å². The Morgan fingerprint density at radius 1 is 0.929 bits per heavy atom. The van der Waals surface area contributed by atoms with Gasteiger partial charge in [0.05, 0.1) is 0 Å². The number of carbonyl (C=O) groups is 2. The van der Waals surface area contributed by atoms with Crippen molar-refractivity contribution < 1.29 is 14.0 Å². The van der Waals surface area contributed by atoms with Gasteiger partial charge in [-0.15, -0.1) is 0 Å². The predicted molar refractivity (Wildman–Crippen MR) is 106 cm³/mol. The molecule has 0 aliphatic carbocycles. The standard InChI is InChI=1S/C20H20N4O3S/c1-12-10-13(2)22-20(21-12)28-11-15-5-7-16(8-6-15)18(25)23-24-19(26)17-9-4-14(3)27-17/h4-10H,11H2,1-3H3,(H,23,25)(H,24,26). The molecule has 0 aliphatic heterocycles. The van der Waals surface area contributed by atoms with Gasteiger partial charge < -0.3 is 4.42 Å². The van der Waals surface area contributed by atoms with E-state index in [4.69, 9.17) is 4.42 Å². The molecule has 0 spiro atoms. The molecule has 3 aromatic rings. The predicted octanol–water partition coefficient (Wildman–Crippen LogP) is 3.36. The van der Waals surface area contributed by atoms with E-state index in [9.17, 15) is 9.59 Å². The number of thioether (sulfide) groups is 1. The van der Waals surface area contributed by atoms with Crippen LogP contribution in [0.4, 0.5) is 0 Å². The summed E-state index contributed by atoms with van der Waals surface area (Å²) in [7, 11) is 0. The number of benzene rings is 1. The number of carbonyl (C=O) groups excluding carboxylic acids is 2. The molecule has 2 amide bonds. The van der Waals surface area contributed by atoms with Crippen molar-refractivity contribution in [1.82, 2.24) is 20.8 Å². The minimum atomic E-state index is -0.511. The van der Waals surface area contributed by atoms with Crippen LogP contribution >= 0.6 is 11.8 Å². The summed E-state index contributed by atoms with van der Waals surface area (Å²) in [6, 6.07) is 12.3. The SMILES string of the molecule is Cc1cc(C)nc(SCc2ccc(C(=O)NNC(=O)c3ccc(C)o3)cc2)n1. The van der Waals surface area contributed by atoms with Crippen molar-refractivity contribution in [2.75, 3.05) is 0 Å². The Labute approximate surface area is 166 Å². The number of nitrogens with one attached hydrogen (secondary N) is 2. The van der Waals surface area contributed by atoms with Crippen LogP contribution in [0.15, 0.2) is 52.0 Å². The van der Waals surface area contributed by atoms with Crippen molar-refractivity contribution >= 4 is 23.6 Å². The molecule has 8 heteroatoms. The quantitative estimate of drug-likeness (QED) is 0.390. The van der Waals surface area contributed by atoms with Crippen LogP contribution in [-0.2, 0) is 5.75 Å². The first-order valence-electron chi connectivity index (χ1n) is 8.62. The summed E-state index contributed by atoms with van der Waals surface area (Å²) >= 11 is 1.54. The monoisotopic (exact) mass is 396 g/mol. The van der Waals surface area contributed by atoms with Gasteiger partial charge in [0.25, 0.3) is 5.91 Å². The van der Waals surface area contributed by atoms with Crippen molar-refractivity contribution in [3.05, 3.63) is 76.5 Å². The average Bonchev–Trinajstić information content (AvgIpc) is 3.10. The Kier molecular flexibility index (Phi) is 6.10. The Hall–Kier alpha value is -3.13. The van der Waals surface area contributed by atoms with E-state index < -0.39 is 11.8 Å². The third-order valence-corrected chi connectivity index (χ3v) is 4.72. The molecule has 7 nitrogen and oxygen atoms in total. The normalized spacial score (nSPS) is 10.5. The lowest BCUT2D eigenvalue weighted by atomic mass is 10.1. The highest BCUT2D eigenvalue weighted by molar-refractivity contribution is 7.98. The van der Waals surface area contributed by atoms with Crippen LogP contribution in [0.5, 0.6) is 0 Å². The van der Waals surface area contributed by atoms with Gasteiger partial charge in [-0.1, -0.05) is 23.9 Å². The summed E-state index contributed by atoms with van der Waals surface area (Å²) in [5, 5.41) is 0.732. The maximum Gasteiger partial charge on any atom is 0.305 e. The number of hydrogen-bond donors (Lipinski definition) is 2. The molecule has 0 unspecified atom stereocenters. The van der Waals surface area contributed by atoms with Crippen LogP contribution in [0.2, 0.25) is 0 Å². The Morgan fingerprint density at radius 2 is 1.57 bits per heavy atom. The molecule has 144 valence electrons. The molecular weight excluding hydrogens is 376 g/mol. The number of rotatable bonds is 5. The lowest BCUT2D eigenvalue weighted by Crippen LogP contribution is -2.41. The van der Waals surface area contributed by atoms with Gasteiger partial charge in [-0.25, -0.2) is 9.97 Å². The highest BCUT2D eigenvalue weighted by Gasteiger charge is 2.12.